The molecule has 0 aromatic carbocycles. The van der Waals surface area contributed by atoms with Crippen LogP contribution in [0.4, 0.5) is 24.3 Å². The third-order valence-corrected chi connectivity index (χ3v) is 6.84. The summed E-state index contributed by atoms with van der Waals surface area (Å²) in [4.78, 5) is 18.1. The fourth-order valence-electron chi connectivity index (χ4n) is 4.32. The number of hydrogen-bond acceptors (Lipinski definition) is 7. The predicted octanol–water partition coefficient (Wildman–Crippen LogP) is 3.23. The highest BCUT2D eigenvalue weighted by molar-refractivity contribution is 7.15. The van der Waals surface area contributed by atoms with Gasteiger partial charge in [-0.2, -0.15) is 13.2 Å². The zero-order valence-corrected chi connectivity index (χ0v) is 16.0. The highest BCUT2D eigenvalue weighted by atomic mass is 32.1. The summed E-state index contributed by atoms with van der Waals surface area (Å²) < 4.78 is 44.9. The van der Waals surface area contributed by atoms with E-state index in [1.165, 1.54) is 19.0 Å². The molecule has 3 aliphatic rings. The first-order valence-electron chi connectivity index (χ1n) is 9.43. The van der Waals surface area contributed by atoms with Gasteiger partial charge in [-0.25, -0.2) is 15.0 Å². The Bertz CT molecular complexity index is 882. The molecule has 5 heterocycles. The Balaban J connectivity index is 1.43. The molecule has 150 valence electrons. The second-order valence-electron chi connectivity index (χ2n) is 7.65. The van der Waals surface area contributed by atoms with Crippen LogP contribution >= 0.6 is 11.3 Å². The van der Waals surface area contributed by atoms with Crippen LogP contribution in [0.25, 0.3) is 0 Å². The van der Waals surface area contributed by atoms with Crippen LogP contribution < -0.4 is 9.80 Å². The van der Waals surface area contributed by atoms with E-state index in [1.807, 2.05) is 4.90 Å². The van der Waals surface area contributed by atoms with Crippen LogP contribution in [0.5, 0.6) is 0 Å². The molecule has 5 rings (SSSR count). The molecule has 6 nitrogen and oxygen atoms in total. The summed E-state index contributed by atoms with van der Waals surface area (Å²) in [5.41, 5.74) is -0.163. The number of thiazole rings is 1. The Morgan fingerprint density at radius 2 is 1.93 bits per heavy atom. The van der Waals surface area contributed by atoms with E-state index in [-0.39, 0.29) is 11.4 Å². The lowest BCUT2D eigenvalue weighted by Crippen LogP contribution is -2.39. The van der Waals surface area contributed by atoms with Gasteiger partial charge >= 0.3 is 6.18 Å². The van der Waals surface area contributed by atoms with Gasteiger partial charge in [-0.05, 0) is 25.3 Å². The molecule has 2 saturated heterocycles. The van der Waals surface area contributed by atoms with Gasteiger partial charge in [-0.1, -0.05) is 11.3 Å². The van der Waals surface area contributed by atoms with Gasteiger partial charge in [0.15, 0.2) is 5.13 Å². The first kappa shape index (κ1) is 18.1. The largest absolute Gasteiger partial charge is 0.433 e. The molecule has 0 radical (unpaired) electrons. The zero-order valence-electron chi connectivity index (χ0n) is 15.2. The van der Waals surface area contributed by atoms with Crippen LogP contribution in [0, 0.1) is 0 Å². The number of halogens is 3. The van der Waals surface area contributed by atoms with Crippen LogP contribution in [0.2, 0.25) is 0 Å². The average molecular weight is 411 g/mol. The van der Waals surface area contributed by atoms with Crippen molar-refractivity contribution in [2.75, 3.05) is 42.6 Å². The summed E-state index contributed by atoms with van der Waals surface area (Å²) in [5, 5.41) is 1.04. The number of nitrogens with zero attached hydrogens (tertiary/aromatic N) is 5. The summed E-state index contributed by atoms with van der Waals surface area (Å²) in [7, 11) is 0. The van der Waals surface area contributed by atoms with Crippen molar-refractivity contribution in [3.63, 3.8) is 0 Å². The summed E-state index contributed by atoms with van der Waals surface area (Å²) >= 11 is 1.69. The molecular formula is C18H20F3N5OS. The highest BCUT2D eigenvalue weighted by Crippen LogP contribution is 2.44. The van der Waals surface area contributed by atoms with Crippen LogP contribution in [-0.2, 0) is 22.9 Å². The summed E-state index contributed by atoms with van der Waals surface area (Å²) in [6, 6.07) is 0.903. The van der Waals surface area contributed by atoms with Gasteiger partial charge in [-0.15, -0.1) is 0 Å². The number of fused-ring (bicyclic) bond motifs is 2. The lowest BCUT2D eigenvalue weighted by molar-refractivity contribution is -0.141. The maximum absolute atomic E-state index is 13.0. The van der Waals surface area contributed by atoms with Crippen molar-refractivity contribution in [1.82, 2.24) is 15.0 Å². The first-order valence-corrected chi connectivity index (χ1v) is 10.2. The van der Waals surface area contributed by atoms with Crippen molar-refractivity contribution >= 4 is 22.4 Å². The van der Waals surface area contributed by atoms with E-state index in [2.05, 4.69) is 14.9 Å². The van der Waals surface area contributed by atoms with Crippen molar-refractivity contribution < 1.29 is 17.9 Å². The minimum atomic E-state index is -4.48. The summed E-state index contributed by atoms with van der Waals surface area (Å²) in [6.45, 7) is 4.25. The Kier molecular flexibility index (Phi) is 4.24. The Morgan fingerprint density at radius 3 is 2.71 bits per heavy atom. The molecule has 0 unspecified atom stereocenters. The fourth-order valence-corrected chi connectivity index (χ4v) is 5.49. The van der Waals surface area contributed by atoms with Crippen molar-refractivity contribution in [3.8, 4) is 0 Å². The quantitative estimate of drug-likeness (QED) is 0.756. The minimum Gasteiger partial charge on any atom is -0.375 e. The van der Waals surface area contributed by atoms with E-state index in [0.717, 1.165) is 41.3 Å². The van der Waals surface area contributed by atoms with Crippen LogP contribution in [0.15, 0.2) is 12.3 Å². The zero-order chi connectivity index (χ0) is 19.4. The third kappa shape index (κ3) is 3.02. The van der Waals surface area contributed by atoms with E-state index in [0.29, 0.717) is 26.3 Å². The topological polar surface area (TPSA) is 54.4 Å². The molecule has 2 aromatic heterocycles. The van der Waals surface area contributed by atoms with E-state index in [4.69, 9.17) is 9.72 Å². The molecule has 1 atom stereocenters. The van der Waals surface area contributed by atoms with E-state index in [1.54, 1.807) is 11.3 Å². The summed E-state index contributed by atoms with van der Waals surface area (Å²) in [6.07, 6.45) is -0.162. The van der Waals surface area contributed by atoms with Crippen molar-refractivity contribution in [2.24, 2.45) is 0 Å². The van der Waals surface area contributed by atoms with Crippen molar-refractivity contribution in [2.45, 2.75) is 37.5 Å². The van der Waals surface area contributed by atoms with Gasteiger partial charge in [0.1, 0.15) is 5.69 Å². The first-order chi connectivity index (χ1) is 13.4. The van der Waals surface area contributed by atoms with E-state index >= 15 is 0 Å². The molecule has 0 N–H and O–H groups in total. The predicted molar refractivity (Wildman–Crippen MR) is 98.8 cm³/mol. The number of hydrogen-bond donors (Lipinski definition) is 0. The molecule has 0 saturated carbocycles. The van der Waals surface area contributed by atoms with Gasteiger partial charge < -0.3 is 14.5 Å². The molecule has 0 amide bonds. The Labute approximate surface area is 164 Å². The van der Waals surface area contributed by atoms with Gasteiger partial charge in [0.05, 0.1) is 29.2 Å². The monoisotopic (exact) mass is 411 g/mol. The molecule has 0 bridgehead atoms. The fraction of sp³-hybridized carbons (Fsp3) is 0.611. The second-order valence-corrected chi connectivity index (χ2v) is 8.71. The Hall–Kier alpha value is -1.94. The van der Waals surface area contributed by atoms with Crippen LogP contribution in [0.3, 0.4) is 0 Å². The lowest BCUT2D eigenvalue weighted by atomic mass is 9.82. The average Bonchev–Trinajstić information content (AvgIpc) is 3.41. The molecule has 3 aliphatic heterocycles. The molecular weight excluding hydrogens is 391 g/mol. The lowest BCUT2D eigenvalue weighted by Gasteiger charge is -2.32. The van der Waals surface area contributed by atoms with Gasteiger partial charge in [0, 0.05) is 32.4 Å². The van der Waals surface area contributed by atoms with Crippen molar-refractivity contribution in [3.05, 3.63) is 28.5 Å². The van der Waals surface area contributed by atoms with Crippen molar-refractivity contribution in [1.29, 1.82) is 0 Å². The van der Waals surface area contributed by atoms with E-state index < -0.39 is 11.9 Å². The standard InChI is InChI=1S/C18H20F3N5OS/c19-18(20,21)13-3-5-22-15(23-13)26-8-4-17(10-26)11-27-9-12-14(17)24-16(28-12)25-6-1-2-7-25/h3,5H,1-2,4,6-11H2/t17-/m0/s1. The molecule has 28 heavy (non-hydrogen) atoms. The minimum absolute atomic E-state index is 0.119. The molecule has 2 fully saturated rings. The van der Waals surface area contributed by atoms with Crippen LogP contribution in [0.1, 0.15) is 35.5 Å². The molecule has 0 aliphatic carbocycles. The number of alkyl halides is 3. The third-order valence-electron chi connectivity index (χ3n) is 5.75. The maximum Gasteiger partial charge on any atom is 0.433 e. The normalized spacial score (nSPS) is 25.0. The number of rotatable bonds is 2. The smallest absolute Gasteiger partial charge is 0.375 e. The molecule has 1 spiro atoms. The number of ether oxygens (including phenoxy) is 1. The highest BCUT2D eigenvalue weighted by Gasteiger charge is 2.47. The van der Waals surface area contributed by atoms with Gasteiger partial charge in [0.25, 0.3) is 0 Å². The summed E-state index contributed by atoms with van der Waals surface area (Å²) in [5.74, 6) is 0.119. The van der Waals surface area contributed by atoms with Gasteiger partial charge in [-0.3, -0.25) is 0 Å². The maximum atomic E-state index is 13.0. The Morgan fingerprint density at radius 1 is 1.11 bits per heavy atom. The van der Waals surface area contributed by atoms with Gasteiger partial charge in [0.2, 0.25) is 5.95 Å². The van der Waals surface area contributed by atoms with E-state index in [9.17, 15) is 13.2 Å². The SMILES string of the molecule is FC(F)(F)c1ccnc(N2CC[C@@]3(COCc4sc(N5CCCC5)nc43)C2)n1. The number of aromatic nitrogens is 3. The molecule has 2 aromatic rings. The van der Waals surface area contributed by atoms with Crippen LogP contribution in [-0.4, -0.2) is 47.7 Å². The molecule has 10 heteroatoms. The second kappa shape index (κ2) is 6.55. The number of anilines is 2.